The number of carbonyl (C=O) groups excluding carboxylic acids is 1. The molecular formula is C21H18FN5OS. The van der Waals surface area contributed by atoms with Crippen molar-refractivity contribution in [3.8, 4) is 10.8 Å². The van der Waals surface area contributed by atoms with E-state index in [9.17, 15) is 9.18 Å². The Balaban J connectivity index is 1.47. The van der Waals surface area contributed by atoms with E-state index in [4.69, 9.17) is 4.98 Å². The largest absolute Gasteiger partial charge is 0.327 e. The summed E-state index contributed by atoms with van der Waals surface area (Å²) >= 11 is 1.60. The van der Waals surface area contributed by atoms with Gasteiger partial charge in [0.1, 0.15) is 5.82 Å². The van der Waals surface area contributed by atoms with Gasteiger partial charge in [0.2, 0.25) is 0 Å². The van der Waals surface area contributed by atoms with Gasteiger partial charge < -0.3 is 9.47 Å². The molecule has 0 unspecified atom stereocenters. The van der Waals surface area contributed by atoms with E-state index in [1.54, 1.807) is 16.2 Å². The summed E-state index contributed by atoms with van der Waals surface area (Å²) in [6, 6.07) is 11.6. The molecule has 0 aliphatic carbocycles. The second kappa shape index (κ2) is 6.73. The van der Waals surface area contributed by atoms with Crippen molar-refractivity contribution in [3.05, 3.63) is 65.2 Å². The molecule has 4 aromatic rings. The summed E-state index contributed by atoms with van der Waals surface area (Å²) in [5.41, 5.74) is 2.61. The highest BCUT2D eigenvalue weighted by atomic mass is 32.1. The Labute approximate surface area is 170 Å². The van der Waals surface area contributed by atoms with Crippen molar-refractivity contribution in [2.45, 2.75) is 26.4 Å². The van der Waals surface area contributed by atoms with Gasteiger partial charge in [-0.1, -0.05) is 6.07 Å². The maximum atomic E-state index is 13.2. The molecule has 1 aliphatic rings. The molecule has 1 amide bonds. The van der Waals surface area contributed by atoms with E-state index < -0.39 is 0 Å². The molecule has 0 spiro atoms. The number of carbonyl (C=O) groups is 1. The molecular weight excluding hydrogens is 389 g/mol. The Morgan fingerprint density at radius 3 is 2.72 bits per heavy atom. The zero-order valence-electron chi connectivity index (χ0n) is 16.0. The van der Waals surface area contributed by atoms with Crippen LogP contribution in [0.2, 0.25) is 0 Å². The van der Waals surface area contributed by atoms with Gasteiger partial charge >= 0.3 is 0 Å². The van der Waals surface area contributed by atoms with E-state index in [1.165, 1.54) is 29.8 Å². The number of thiazole rings is 1. The van der Waals surface area contributed by atoms with Crippen molar-refractivity contribution in [1.29, 1.82) is 0 Å². The van der Waals surface area contributed by atoms with Crippen LogP contribution in [0.5, 0.6) is 0 Å². The lowest BCUT2D eigenvalue weighted by atomic mass is 10.1. The molecule has 0 fully saturated rings. The van der Waals surface area contributed by atoms with Crippen LogP contribution in [-0.2, 0) is 6.54 Å². The maximum absolute atomic E-state index is 13.2. The van der Waals surface area contributed by atoms with Crippen LogP contribution in [0, 0.1) is 12.7 Å². The molecule has 1 aliphatic heterocycles. The van der Waals surface area contributed by atoms with Crippen LogP contribution in [0.4, 0.5) is 4.39 Å². The summed E-state index contributed by atoms with van der Waals surface area (Å²) in [6.45, 7) is 5.11. The summed E-state index contributed by atoms with van der Waals surface area (Å²) in [6.07, 6.45) is 0. The van der Waals surface area contributed by atoms with Crippen LogP contribution >= 0.6 is 11.3 Å². The quantitative estimate of drug-likeness (QED) is 0.499. The monoisotopic (exact) mass is 407 g/mol. The van der Waals surface area contributed by atoms with E-state index >= 15 is 0 Å². The molecule has 146 valence electrons. The lowest BCUT2D eigenvalue weighted by Gasteiger charge is -2.33. The number of benzene rings is 2. The Hall–Kier alpha value is -3.13. The second-order valence-electron chi connectivity index (χ2n) is 7.21. The summed E-state index contributed by atoms with van der Waals surface area (Å²) in [7, 11) is 0. The van der Waals surface area contributed by atoms with Crippen molar-refractivity contribution in [2.75, 3.05) is 6.54 Å². The van der Waals surface area contributed by atoms with Crippen LogP contribution in [0.25, 0.3) is 21.0 Å². The molecule has 6 nitrogen and oxygen atoms in total. The molecule has 3 heterocycles. The molecule has 8 heteroatoms. The van der Waals surface area contributed by atoms with Crippen LogP contribution in [0.3, 0.4) is 0 Å². The lowest BCUT2D eigenvalue weighted by Crippen LogP contribution is -2.41. The number of halogens is 1. The van der Waals surface area contributed by atoms with Gasteiger partial charge in [0.05, 0.1) is 16.3 Å². The van der Waals surface area contributed by atoms with Gasteiger partial charge in [-0.05, 0) is 55.8 Å². The van der Waals surface area contributed by atoms with Gasteiger partial charge in [-0.3, -0.25) is 4.79 Å². The Bertz CT molecular complexity index is 1230. The topological polar surface area (TPSA) is 63.9 Å². The summed E-state index contributed by atoms with van der Waals surface area (Å²) in [5.74, 6) is 0.976. The molecule has 0 saturated carbocycles. The number of aromatic nitrogens is 4. The number of amides is 1. The molecule has 29 heavy (non-hydrogen) atoms. The third-order valence-corrected chi connectivity index (χ3v) is 6.29. The first kappa shape index (κ1) is 17.9. The average molecular weight is 407 g/mol. The van der Waals surface area contributed by atoms with Crippen LogP contribution in [0.1, 0.15) is 34.7 Å². The number of aryl methyl sites for hydroxylation is 1. The highest BCUT2D eigenvalue weighted by Crippen LogP contribution is 2.33. The lowest BCUT2D eigenvalue weighted by molar-refractivity contribution is 0.0638. The number of fused-ring (bicyclic) bond motifs is 2. The van der Waals surface area contributed by atoms with Gasteiger partial charge in [0.25, 0.3) is 5.91 Å². The third-order valence-electron chi connectivity index (χ3n) is 5.27. The Kier molecular flexibility index (Phi) is 4.16. The minimum atomic E-state index is -0.358. The molecule has 1 atom stereocenters. The van der Waals surface area contributed by atoms with Gasteiger partial charge in [0, 0.05) is 18.7 Å². The first-order valence-corrected chi connectivity index (χ1v) is 10.2. The van der Waals surface area contributed by atoms with Crippen molar-refractivity contribution in [2.24, 2.45) is 0 Å². The number of hydrogen-bond acceptors (Lipinski definition) is 5. The number of hydrogen-bond donors (Lipinski definition) is 0. The summed E-state index contributed by atoms with van der Waals surface area (Å²) in [5, 5.41) is 9.58. The summed E-state index contributed by atoms with van der Waals surface area (Å²) in [4.78, 5) is 19.4. The van der Waals surface area contributed by atoms with Crippen molar-refractivity contribution >= 4 is 27.5 Å². The fraction of sp³-hybridized carbons (Fsp3) is 0.238. The number of nitrogens with zero attached hydrogens (tertiary/aromatic N) is 5. The van der Waals surface area contributed by atoms with Gasteiger partial charge in [-0.2, -0.15) is 0 Å². The molecule has 2 aromatic heterocycles. The molecule has 2 aromatic carbocycles. The zero-order chi connectivity index (χ0) is 20.1. The third kappa shape index (κ3) is 3.00. The predicted octanol–water partition coefficient (Wildman–Crippen LogP) is 4.22. The van der Waals surface area contributed by atoms with Gasteiger partial charge in [-0.15, -0.1) is 21.5 Å². The fourth-order valence-corrected chi connectivity index (χ4v) is 4.76. The van der Waals surface area contributed by atoms with Crippen LogP contribution in [0.15, 0.2) is 42.5 Å². The SMILES string of the molecule is Cc1ccc2nc(-c3nnc4n3CCN(C(=O)c3ccc(F)cc3)[C@@H]4C)sc2c1. The predicted molar refractivity (Wildman–Crippen MR) is 109 cm³/mol. The first-order chi connectivity index (χ1) is 14.0. The second-order valence-corrected chi connectivity index (χ2v) is 8.24. The highest BCUT2D eigenvalue weighted by molar-refractivity contribution is 7.21. The molecule has 0 bridgehead atoms. The summed E-state index contributed by atoms with van der Waals surface area (Å²) < 4.78 is 16.3. The molecule has 0 radical (unpaired) electrons. The smallest absolute Gasteiger partial charge is 0.254 e. The normalized spacial score (nSPS) is 16.2. The van der Waals surface area contributed by atoms with E-state index in [0.29, 0.717) is 18.7 Å². The van der Waals surface area contributed by atoms with E-state index in [-0.39, 0.29) is 17.8 Å². The van der Waals surface area contributed by atoms with Crippen LogP contribution in [-0.4, -0.2) is 37.1 Å². The minimum absolute atomic E-state index is 0.135. The standard InChI is InChI=1S/C21H18FN5OS/c1-12-3-8-16-17(11-12)29-20(23-16)19-25-24-18-13(2)26(9-10-27(18)19)21(28)14-4-6-15(22)7-5-14/h3-8,11,13H,9-10H2,1-2H3/t13-/m1/s1. The van der Waals surface area contributed by atoms with Crippen molar-refractivity contribution < 1.29 is 9.18 Å². The maximum Gasteiger partial charge on any atom is 0.254 e. The van der Waals surface area contributed by atoms with Gasteiger partial charge in [0.15, 0.2) is 16.7 Å². The van der Waals surface area contributed by atoms with Crippen LogP contribution < -0.4 is 0 Å². The Morgan fingerprint density at radius 1 is 1.14 bits per heavy atom. The number of rotatable bonds is 2. The fourth-order valence-electron chi connectivity index (χ4n) is 3.71. The van der Waals surface area contributed by atoms with Crippen molar-refractivity contribution in [3.63, 3.8) is 0 Å². The van der Waals surface area contributed by atoms with E-state index in [1.807, 2.05) is 23.6 Å². The molecule has 0 N–H and O–H groups in total. The van der Waals surface area contributed by atoms with Gasteiger partial charge in [-0.25, -0.2) is 9.37 Å². The van der Waals surface area contributed by atoms with Crippen molar-refractivity contribution in [1.82, 2.24) is 24.6 Å². The highest BCUT2D eigenvalue weighted by Gasteiger charge is 2.32. The average Bonchev–Trinajstić information content (AvgIpc) is 3.32. The zero-order valence-corrected chi connectivity index (χ0v) is 16.8. The molecule has 5 rings (SSSR count). The molecule has 0 saturated heterocycles. The van der Waals surface area contributed by atoms with E-state index in [2.05, 4.69) is 23.2 Å². The first-order valence-electron chi connectivity index (χ1n) is 9.38. The van der Waals surface area contributed by atoms with E-state index in [0.717, 1.165) is 26.9 Å². The minimum Gasteiger partial charge on any atom is -0.327 e. The Morgan fingerprint density at radius 2 is 1.93 bits per heavy atom.